The maximum atomic E-state index is 10.6. The molecular formula is C17H23NO3. The highest BCUT2D eigenvalue weighted by Gasteiger charge is 2.23. The summed E-state index contributed by atoms with van der Waals surface area (Å²) in [5, 5.41) is 17.6. The van der Waals surface area contributed by atoms with Crippen LogP contribution in [0.1, 0.15) is 36.8 Å². The summed E-state index contributed by atoms with van der Waals surface area (Å²) in [6.07, 6.45) is 7.13. The smallest absolute Gasteiger partial charge is 0.328 e. The van der Waals surface area contributed by atoms with E-state index in [0.29, 0.717) is 6.04 Å². The average molecular weight is 289 g/mol. The number of aliphatic carboxylic acids is 1. The van der Waals surface area contributed by atoms with Gasteiger partial charge in [-0.3, -0.25) is 4.90 Å². The van der Waals surface area contributed by atoms with E-state index in [2.05, 4.69) is 11.0 Å². The Morgan fingerprint density at radius 1 is 1.43 bits per heavy atom. The number of nitrogens with zero attached hydrogens (tertiary/aromatic N) is 1. The molecular weight excluding hydrogens is 266 g/mol. The molecule has 1 aliphatic rings. The molecule has 1 aliphatic heterocycles. The molecule has 1 aromatic rings. The Bertz CT molecular complexity index is 499. The largest absolute Gasteiger partial charge is 0.478 e. The number of aliphatic hydroxyl groups is 1. The highest BCUT2D eigenvalue weighted by molar-refractivity contribution is 5.85. The van der Waals surface area contributed by atoms with Crippen LogP contribution in [0.3, 0.4) is 0 Å². The fourth-order valence-electron chi connectivity index (χ4n) is 2.95. The van der Waals surface area contributed by atoms with Crippen molar-refractivity contribution < 1.29 is 15.0 Å². The van der Waals surface area contributed by atoms with Gasteiger partial charge in [0.2, 0.25) is 0 Å². The van der Waals surface area contributed by atoms with Gasteiger partial charge in [-0.15, -0.1) is 0 Å². The second-order valence-corrected chi connectivity index (χ2v) is 5.55. The number of likely N-dealkylation sites (tertiary alicyclic amines) is 1. The highest BCUT2D eigenvalue weighted by atomic mass is 16.4. The second-order valence-electron chi connectivity index (χ2n) is 5.55. The van der Waals surface area contributed by atoms with E-state index in [1.165, 1.54) is 24.5 Å². The molecule has 0 aliphatic carbocycles. The summed E-state index contributed by atoms with van der Waals surface area (Å²) in [6.45, 7) is 2.26. The van der Waals surface area contributed by atoms with Gasteiger partial charge in [-0.25, -0.2) is 4.79 Å². The molecule has 1 fully saturated rings. The van der Waals surface area contributed by atoms with Crippen molar-refractivity contribution in [1.29, 1.82) is 0 Å². The summed E-state index contributed by atoms with van der Waals surface area (Å²) < 4.78 is 0. The molecule has 0 aromatic heterocycles. The molecule has 1 aromatic carbocycles. The molecule has 114 valence electrons. The lowest BCUT2D eigenvalue weighted by Gasteiger charge is -2.24. The third-order valence-electron chi connectivity index (χ3n) is 3.95. The topological polar surface area (TPSA) is 60.8 Å². The maximum absolute atomic E-state index is 10.6. The van der Waals surface area contributed by atoms with E-state index in [1.54, 1.807) is 6.08 Å². The summed E-state index contributed by atoms with van der Waals surface area (Å²) in [7, 11) is 0. The molecule has 0 radical (unpaired) electrons. The molecule has 2 N–H and O–H groups in total. The van der Waals surface area contributed by atoms with Crippen molar-refractivity contribution in [2.45, 2.75) is 38.3 Å². The van der Waals surface area contributed by atoms with Crippen molar-refractivity contribution in [3.8, 4) is 0 Å². The van der Waals surface area contributed by atoms with Crippen LogP contribution in [-0.2, 0) is 11.3 Å². The SMILES string of the molecule is O=C(O)C=Cc1cccc(CN2CCCC2CCCO)c1. The van der Waals surface area contributed by atoms with Gasteiger partial charge in [0.1, 0.15) is 0 Å². The first-order valence-corrected chi connectivity index (χ1v) is 7.54. The van der Waals surface area contributed by atoms with Gasteiger partial charge in [-0.05, 0) is 49.4 Å². The van der Waals surface area contributed by atoms with Crippen LogP contribution in [0.2, 0.25) is 0 Å². The highest BCUT2D eigenvalue weighted by Crippen LogP contribution is 2.23. The monoisotopic (exact) mass is 289 g/mol. The number of benzene rings is 1. The van der Waals surface area contributed by atoms with Crippen molar-refractivity contribution in [2.24, 2.45) is 0 Å². The van der Waals surface area contributed by atoms with Crippen molar-refractivity contribution in [3.05, 3.63) is 41.5 Å². The zero-order valence-corrected chi connectivity index (χ0v) is 12.2. The van der Waals surface area contributed by atoms with Gasteiger partial charge in [0, 0.05) is 25.3 Å². The van der Waals surface area contributed by atoms with Gasteiger partial charge >= 0.3 is 5.97 Å². The number of carboxylic acids is 1. The number of rotatable bonds is 7. The van der Waals surface area contributed by atoms with E-state index in [1.807, 2.05) is 18.2 Å². The third kappa shape index (κ3) is 4.99. The van der Waals surface area contributed by atoms with Gasteiger partial charge in [-0.1, -0.05) is 24.3 Å². The normalized spacial score (nSPS) is 19.4. The molecule has 4 nitrogen and oxygen atoms in total. The zero-order chi connectivity index (χ0) is 15.1. The van der Waals surface area contributed by atoms with E-state index >= 15 is 0 Å². The van der Waals surface area contributed by atoms with E-state index in [0.717, 1.165) is 31.5 Å². The molecule has 21 heavy (non-hydrogen) atoms. The minimum Gasteiger partial charge on any atom is -0.478 e. The second kappa shape index (κ2) is 7.96. The van der Waals surface area contributed by atoms with Gasteiger partial charge in [0.25, 0.3) is 0 Å². The Morgan fingerprint density at radius 2 is 2.29 bits per heavy atom. The van der Waals surface area contributed by atoms with Crippen molar-refractivity contribution in [2.75, 3.05) is 13.2 Å². The lowest BCUT2D eigenvalue weighted by atomic mass is 10.1. The predicted octanol–water partition coefficient (Wildman–Crippen LogP) is 2.52. The molecule has 0 amide bonds. The Balaban J connectivity index is 1.98. The molecule has 4 heteroatoms. The minimum absolute atomic E-state index is 0.264. The molecule has 1 saturated heterocycles. The molecule has 1 heterocycles. The molecule has 0 bridgehead atoms. The van der Waals surface area contributed by atoms with Crippen LogP contribution in [-0.4, -0.2) is 40.3 Å². The van der Waals surface area contributed by atoms with E-state index < -0.39 is 5.97 Å². The lowest BCUT2D eigenvalue weighted by molar-refractivity contribution is -0.131. The zero-order valence-electron chi connectivity index (χ0n) is 12.2. The Hall–Kier alpha value is -1.65. The van der Waals surface area contributed by atoms with Gasteiger partial charge in [0.15, 0.2) is 0 Å². The fourth-order valence-corrected chi connectivity index (χ4v) is 2.95. The average Bonchev–Trinajstić information content (AvgIpc) is 2.90. The van der Waals surface area contributed by atoms with Crippen molar-refractivity contribution in [3.63, 3.8) is 0 Å². The van der Waals surface area contributed by atoms with Crippen LogP contribution in [0.15, 0.2) is 30.3 Å². The first-order chi connectivity index (χ1) is 10.2. The van der Waals surface area contributed by atoms with Gasteiger partial charge in [0.05, 0.1) is 0 Å². The van der Waals surface area contributed by atoms with Gasteiger partial charge < -0.3 is 10.2 Å². The molecule has 0 spiro atoms. The lowest BCUT2D eigenvalue weighted by Crippen LogP contribution is -2.29. The van der Waals surface area contributed by atoms with Crippen LogP contribution in [0, 0.1) is 0 Å². The van der Waals surface area contributed by atoms with Crippen LogP contribution in [0.5, 0.6) is 0 Å². The standard InChI is InChI=1S/C17H23NO3/c19-11-3-7-16-6-2-10-18(16)13-15-5-1-4-14(12-15)8-9-17(20)21/h1,4-5,8-9,12,16,19H,2-3,6-7,10-11,13H2,(H,20,21). The van der Waals surface area contributed by atoms with Crippen LogP contribution < -0.4 is 0 Å². The van der Waals surface area contributed by atoms with Crippen molar-refractivity contribution >= 4 is 12.0 Å². The summed E-state index contributed by atoms with van der Waals surface area (Å²) in [5.74, 6) is -0.927. The van der Waals surface area contributed by atoms with E-state index in [4.69, 9.17) is 10.2 Å². The third-order valence-corrected chi connectivity index (χ3v) is 3.95. The number of aliphatic hydroxyl groups excluding tert-OH is 1. The summed E-state index contributed by atoms with van der Waals surface area (Å²) in [6, 6.07) is 8.57. The van der Waals surface area contributed by atoms with E-state index in [-0.39, 0.29) is 6.61 Å². The fraction of sp³-hybridized carbons (Fsp3) is 0.471. The van der Waals surface area contributed by atoms with Crippen molar-refractivity contribution in [1.82, 2.24) is 4.90 Å². The number of carbonyl (C=O) groups is 1. The van der Waals surface area contributed by atoms with Gasteiger partial charge in [-0.2, -0.15) is 0 Å². The summed E-state index contributed by atoms with van der Waals surface area (Å²) in [5.41, 5.74) is 2.12. The number of hydrogen-bond acceptors (Lipinski definition) is 3. The molecule has 0 saturated carbocycles. The Morgan fingerprint density at radius 3 is 3.05 bits per heavy atom. The molecule has 2 rings (SSSR count). The molecule has 1 atom stereocenters. The predicted molar refractivity (Wildman–Crippen MR) is 82.9 cm³/mol. The maximum Gasteiger partial charge on any atom is 0.328 e. The van der Waals surface area contributed by atoms with Crippen LogP contribution >= 0.6 is 0 Å². The summed E-state index contributed by atoms with van der Waals surface area (Å²) >= 11 is 0. The Kier molecular flexibility index (Phi) is 5.96. The minimum atomic E-state index is -0.927. The molecule has 1 unspecified atom stereocenters. The van der Waals surface area contributed by atoms with Crippen LogP contribution in [0.4, 0.5) is 0 Å². The Labute approximate surface area is 125 Å². The number of hydrogen-bond donors (Lipinski definition) is 2. The quantitative estimate of drug-likeness (QED) is 0.757. The first-order valence-electron chi connectivity index (χ1n) is 7.54. The number of carboxylic acid groups (broad SMARTS) is 1. The first kappa shape index (κ1) is 15.7. The van der Waals surface area contributed by atoms with Crippen LogP contribution in [0.25, 0.3) is 6.08 Å². The van der Waals surface area contributed by atoms with E-state index in [9.17, 15) is 4.79 Å². The summed E-state index contributed by atoms with van der Waals surface area (Å²) in [4.78, 5) is 13.0.